The molecule has 0 aliphatic rings. The van der Waals surface area contributed by atoms with Gasteiger partial charge in [-0.2, -0.15) is 0 Å². The van der Waals surface area contributed by atoms with Crippen LogP contribution in [0.3, 0.4) is 0 Å². The van der Waals surface area contributed by atoms with Gasteiger partial charge in [0.2, 0.25) is 0 Å². The van der Waals surface area contributed by atoms with Crippen molar-refractivity contribution in [2.75, 3.05) is 13.1 Å². The highest BCUT2D eigenvalue weighted by Crippen LogP contribution is 2.02. The van der Waals surface area contributed by atoms with Crippen LogP contribution in [-0.4, -0.2) is 24.0 Å². The lowest BCUT2D eigenvalue weighted by molar-refractivity contribution is 0.220. The van der Waals surface area contributed by atoms with Gasteiger partial charge in [0.25, 0.3) is 0 Å². The van der Waals surface area contributed by atoms with E-state index in [0.717, 1.165) is 19.5 Å². The van der Waals surface area contributed by atoms with E-state index in [1.54, 1.807) is 0 Å². The summed E-state index contributed by atoms with van der Waals surface area (Å²) in [7, 11) is 0. The second-order valence-corrected chi connectivity index (χ2v) is 2.84. The van der Waals surface area contributed by atoms with Crippen LogP contribution in [0, 0.1) is 12.3 Å². The topological polar surface area (TPSA) is 3.24 Å². The summed E-state index contributed by atoms with van der Waals surface area (Å²) in [5.41, 5.74) is 0. The zero-order chi connectivity index (χ0) is 8.69. The molecule has 0 radical (unpaired) electrons. The molecule has 1 heteroatoms. The molecule has 0 aliphatic carbocycles. The molecule has 0 amide bonds. The van der Waals surface area contributed by atoms with Gasteiger partial charge in [0.1, 0.15) is 0 Å². The fourth-order valence-electron chi connectivity index (χ4n) is 1.16. The van der Waals surface area contributed by atoms with Gasteiger partial charge in [0.05, 0.1) is 0 Å². The van der Waals surface area contributed by atoms with E-state index in [0.29, 0.717) is 6.04 Å². The summed E-state index contributed by atoms with van der Waals surface area (Å²) >= 11 is 0. The van der Waals surface area contributed by atoms with Crippen LogP contribution in [0.5, 0.6) is 0 Å². The number of hydrogen-bond donors (Lipinski definition) is 0. The first-order chi connectivity index (χ1) is 5.26. The number of rotatable bonds is 5. The van der Waals surface area contributed by atoms with Gasteiger partial charge >= 0.3 is 0 Å². The average molecular weight is 153 g/mol. The molecule has 11 heavy (non-hydrogen) atoms. The minimum atomic E-state index is 0.674. The van der Waals surface area contributed by atoms with Gasteiger partial charge in [0.15, 0.2) is 0 Å². The van der Waals surface area contributed by atoms with Crippen LogP contribution >= 0.6 is 0 Å². The molecule has 0 rings (SSSR count). The van der Waals surface area contributed by atoms with Crippen molar-refractivity contribution >= 4 is 0 Å². The molecule has 0 fully saturated rings. The summed E-state index contributed by atoms with van der Waals surface area (Å²) in [5, 5.41) is 0. The lowest BCUT2D eigenvalue weighted by Gasteiger charge is -2.25. The van der Waals surface area contributed by atoms with Crippen molar-refractivity contribution < 1.29 is 0 Å². The fourth-order valence-corrected chi connectivity index (χ4v) is 1.16. The van der Waals surface area contributed by atoms with Crippen molar-refractivity contribution in [2.45, 2.75) is 39.7 Å². The van der Waals surface area contributed by atoms with E-state index >= 15 is 0 Å². The second kappa shape index (κ2) is 6.24. The molecule has 0 aromatic rings. The molecule has 0 saturated carbocycles. The SMILES string of the molecule is C#CCCN(CC)C(C)CC. The first kappa shape index (κ1) is 10.5. The molecule has 0 aliphatic heterocycles. The maximum absolute atomic E-state index is 5.20. The van der Waals surface area contributed by atoms with Crippen LogP contribution in [0.2, 0.25) is 0 Å². The number of nitrogens with zero attached hydrogens (tertiary/aromatic N) is 1. The van der Waals surface area contributed by atoms with E-state index in [-0.39, 0.29) is 0 Å². The van der Waals surface area contributed by atoms with Crippen LogP contribution < -0.4 is 0 Å². The predicted octanol–water partition coefficient (Wildman–Crippen LogP) is 2.13. The fraction of sp³-hybridized carbons (Fsp3) is 0.800. The summed E-state index contributed by atoms with van der Waals surface area (Å²) in [6, 6.07) is 0.674. The van der Waals surface area contributed by atoms with E-state index in [1.165, 1.54) is 6.42 Å². The Labute approximate surface area is 70.8 Å². The lowest BCUT2D eigenvalue weighted by atomic mass is 10.2. The molecule has 0 bridgehead atoms. The monoisotopic (exact) mass is 153 g/mol. The van der Waals surface area contributed by atoms with Gasteiger partial charge in [0, 0.05) is 19.0 Å². The minimum absolute atomic E-state index is 0.674. The Morgan fingerprint density at radius 1 is 1.45 bits per heavy atom. The standard InChI is InChI=1S/C10H19N/c1-5-8-9-11(7-3)10(4)6-2/h1,10H,6-9H2,2-4H3. The van der Waals surface area contributed by atoms with Gasteiger partial charge < -0.3 is 4.90 Å². The third kappa shape index (κ3) is 4.06. The zero-order valence-corrected chi connectivity index (χ0v) is 7.93. The summed E-state index contributed by atoms with van der Waals surface area (Å²) in [4.78, 5) is 2.42. The normalized spacial score (nSPS) is 13.0. The summed E-state index contributed by atoms with van der Waals surface area (Å²) in [6.45, 7) is 8.80. The minimum Gasteiger partial charge on any atom is -0.300 e. The molecule has 1 nitrogen and oxygen atoms in total. The Kier molecular flexibility index (Phi) is 5.97. The molecular weight excluding hydrogens is 134 g/mol. The third-order valence-corrected chi connectivity index (χ3v) is 2.16. The number of hydrogen-bond acceptors (Lipinski definition) is 1. The third-order valence-electron chi connectivity index (χ3n) is 2.16. The van der Waals surface area contributed by atoms with Crippen LogP contribution in [0.15, 0.2) is 0 Å². The summed E-state index contributed by atoms with van der Waals surface area (Å²) < 4.78 is 0. The van der Waals surface area contributed by atoms with Crippen molar-refractivity contribution in [1.82, 2.24) is 4.90 Å². The molecule has 0 spiro atoms. The summed E-state index contributed by atoms with van der Waals surface area (Å²) in [6.07, 6.45) is 7.28. The largest absolute Gasteiger partial charge is 0.300 e. The second-order valence-electron chi connectivity index (χ2n) is 2.84. The average Bonchev–Trinajstić information content (AvgIpc) is 2.05. The van der Waals surface area contributed by atoms with Crippen molar-refractivity contribution in [2.24, 2.45) is 0 Å². The first-order valence-electron chi connectivity index (χ1n) is 4.43. The van der Waals surface area contributed by atoms with Crippen LogP contribution in [0.4, 0.5) is 0 Å². The quantitative estimate of drug-likeness (QED) is 0.547. The van der Waals surface area contributed by atoms with Gasteiger partial charge in [-0.05, 0) is 19.9 Å². The van der Waals surface area contributed by atoms with Crippen LogP contribution in [0.1, 0.15) is 33.6 Å². The molecule has 1 atom stereocenters. The predicted molar refractivity (Wildman–Crippen MR) is 50.5 cm³/mol. The molecule has 0 N–H and O–H groups in total. The molecule has 1 unspecified atom stereocenters. The van der Waals surface area contributed by atoms with E-state index in [1.807, 2.05) is 0 Å². The Hall–Kier alpha value is -0.480. The Morgan fingerprint density at radius 2 is 2.09 bits per heavy atom. The molecule has 0 saturated heterocycles. The Morgan fingerprint density at radius 3 is 2.45 bits per heavy atom. The molecule has 0 heterocycles. The van der Waals surface area contributed by atoms with E-state index < -0.39 is 0 Å². The Balaban J connectivity index is 3.67. The van der Waals surface area contributed by atoms with Gasteiger partial charge in [-0.3, -0.25) is 0 Å². The highest BCUT2D eigenvalue weighted by atomic mass is 15.1. The van der Waals surface area contributed by atoms with Crippen LogP contribution in [0.25, 0.3) is 0 Å². The molecule has 0 aromatic carbocycles. The van der Waals surface area contributed by atoms with Gasteiger partial charge in [-0.1, -0.05) is 13.8 Å². The van der Waals surface area contributed by atoms with Gasteiger partial charge in [-0.15, -0.1) is 12.3 Å². The molecular formula is C10H19N. The van der Waals surface area contributed by atoms with Crippen molar-refractivity contribution in [3.63, 3.8) is 0 Å². The zero-order valence-electron chi connectivity index (χ0n) is 7.93. The summed E-state index contributed by atoms with van der Waals surface area (Å²) in [5.74, 6) is 2.67. The van der Waals surface area contributed by atoms with Crippen LogP contribution in [-0.2, 0) is 0 Å². The van der Waals surface area contributed by atoms with Crippen molar-refractivity contribution in [3.05, 3.63) is 0 Å². The maximum atomic E-state index is 5.20. The highest BCUT2D eigenvalue weighted by Gasteiger charge is 2.07. The van der Waals surface area contributed by atoms with Gasteiger partial charge in [-0.25, -0.2) is 0 Å². The van der Waals surface area contributed by atoms with E-state index in [4.69, 9.17) is 6.42 Å². The van der Waals surface area contributed by atoms with E-state index in [2.05, 4.69) is 31.6 Å². The van der Waals surface area contributed by atoms with Crippen molar-refractivity contribution in [1.29, 1.82) is 0 Å². The molecule has 0 aromatic heterocycles. The number of terminal acetylenes is 1. The Bertz CT molecular complexity index is 123. The first-order valence-corrected chi connectivity index (χ1v) is 4.43. The molecule has 64 valence electrons. The lowest BCUT2D eigenvalue weighted by Crippen LogP contribution is -2.33. The van der Waals surface area contributed by atoms with Crippen molar-refractivity contribution in [3.8, 4) is 12.3 Å². The van der Waals surface area contributed by atoms with E-state index in [9.17, 15) is 0 Å². The smallest absolute Gasteiger partial charge is 0.0214 e. The highest BCUT2D eigenvalue weighted by molar-refractivity contribution is 4.85. The maximum Gasteiger partial charge on any atom is 0.0214 e.